The molecule has 0 amide bonds. The maximum Gasteiger partial charge on any atom is 0.213 e. The minimum absolute atomic E-state index is 0.0327. The third kappa shape index (κ3) is 2.00. The SMILES string of the molecule is CCC1(C)c2c(C)cc(C)cc2-c2ccc3ccccc3[n+]2C1(C)CC. The minimum atomic E-state index is 0.0327. The summed E-state index contributed by atoms with van der Waals surface area (Å²) in [6.45, 7) is 14.2. The topological polar surface area (TPSA) is 3.88 Å². The van der Waals surface area contributed by atoms with Gasteiger partial charge in [-0.15, -0.1) is 0 Å². The van der Waals surface area contributed by atoms with Crippen LogP contribution in [0.4, 0.5) is 0 Å². The Balaban J connectivity index is 2.25. The van der Waals surface area contributed by atoms with Crippen molar-refractivity contribution < 1.29 is 4.57 Å². The number of hydrogen-bond donors (Lipinski definition) is 0. The van der Waals surface area contributed by atoms with Gasteiger partial charge in [0.25, 0.3) is 0 Å². The molecule has 4 rings (SSSR count). The standard InChI is InChI=1S/C25H30N/c1-7-24(5)23-18(4)15-17(3)16-20(23)22-14-13-19-11-9-10-12-21(19)26(22)25(24,6)8-2/h9-16H,7-8H2,1-6H3/q+1. The zero-order valence-electron chi connectivity index (χ0n) is 17.0. The van der Waals surface area contributed by atoms with E-state index in [1.165, 1.54) is 33.3 Å². The highest BCUT2D eigenvalue weighted by molar-refractivity contribution is 5.79. The number of nitrogens with zero attached hydrogens (tertiary/aromatic N) is 1. The average Bonchev–Trinajstić information content (AvgIpc) is 2.64. The molecule has 0 saturated heterocycles. The van der Waals surface area contributed by atoms with Gasteiger partial charge in [-0.2, -0.15) is 4.57 Å². The van der Waals surface area contributed by atoms with Crippen LogP contribution in [0.2, 0.25) is 0 Å². The van der Waals surface area contributed by atoms with Gasteiger partial charge in [0.15, 0.2) is 5.54 Å². The fourth-order valence-corrected chi connectivity index (χ4v) is 5.47. The highest BCUT2D eigenvalue weighted by atomic mass is 15.1. The highest BCUT2D eigenvalue weighted by Gasteiger charge is 2.57. The van der Waals surface area contributed by atoms with E-state index in [2.05, 4.69) is 94.6 Å². The first-order chi connectivity index (χ1) is 12.4. The summed E-state index contributed by atoms with van der Waals surface area (Å²) in [7, 11) is 0. The predicted molar refractivity (Wildman–Crippen MR) is 111 cm³/mol. The summed E-state index contributed by atoms with van der Waals surface area (Å²) in [6, 6.07) is 18.2. The van der Waals surface area contributed by atoms with Crippen LogP contribution in [0, 0.1) is 13.8 Å². The summed E-state index contributed by atoms with van der Waals surface area (Å²) in [5.74, 6) is 0. The molecule has 0 radical (unpaired) electrons. The van der Waals surface area contributed by atoms with Crippen LogP contribution in [0.5, 0.6) is 0 Å². The van der Waals surface area contributed by atoms with E-state index in [9.17, 15) is 0 Å². The summed E-state index contributed by atoms with van der Waals surface area (Å²) in [5.41, 5.74) is 8.58. The zero-order chi connectivity index (χ0) is 18.7. The number of aryl methyl sites for hydroxylation is 2. The van der Waals surface area contributed by atoms with E-state index < -0.39 is 0 Å². The molecule has 0 fully saturated rings. The number of pyridine rings is 1. The number of hydrogen-bond acceptors (Lipinski definition) is 0. The Morgan fingerprint density at radius 2 is 1.62 bits per heavy atom. The van der Waals surface area contributed by atoms with Crippen LogP contribution in [0.3, 0.4) is 0 Å². The molecule has 1 aliphatic heterocycles. The Labute approximate surface area is 157 Å². The molecule has 0 saturated carbocycles. The monoisotopic (exact) mass is 344 g/mol. The molecule has 1 heteroatoms. The van der Waals surface area contributed by atoms with Crippen LogP contribution in [-0.4, -0.2) is 0 Å². The first-order valence-electron chi connectivity index (χ1n) is 9.93. The molecule has 0 aliphatic carbocycles. The fraction of sp³-hybridized carbons (Fsp3) is 0.400. The van der Waals surface area contributed by atoms with E-state index in [0.29, 0.717) is 0 Å². The van der Waals surface area contributed by atoms with Crippen molar-refractivity contribution in [1.29, 1.82) is 0 Å². The van der Waals surface area contributed by atoms with E-state index in [-0.39, 0.29) is 11.0 Å². The predicted octanol–water partition coefficient (Wildman–Crippen LogP) is 6.22. The number of rotatable bonds is 2. The highest BCUT2D eigenvalue weighted by Crippen LogP contribution is 2.51. The molecule has 1 aromatic heterocycles. The second-order valence-electron chi connectivity index (χ2n) is 8.43. The molecule has 134 valence electrons. The second kappa shape index (κ2) is 5.67. The average molecular weight is 345 g/mol. The van der Waals surface area contributed by atoms with E-state index in [4.69, 9.17) is 0 Å². The van der Waals surface area contributed by atoms with Gasteiger partial charge >= 0.3 is 0 Å². The van der Waals surface area contributed by atoms with Crippen LogP contribution in [0.1, 0.15) is 57.2 Å². The Morgan fingerprint density at radius 3 is 2.31 bits per heavy atom. The normalized spacial score (nSPS) is 24.4. The van der Waals surface area contributed by atoms with Gasteiger partial charge in [-0.3, -0.25) is 0 Å². The summed E-state index contributed by atoms with van der Waals surface area (Å²) in [5, 5.41) is 1.32. The van der Waals surface area contributed by atoms with Gasteiger partial charge < -0.3 is 0 Å². The fourth-order valence-electron chi connectivity index (χ4n) is 5.47. The Hall–Kier alpha value is -2.15. The van der Waals surface area contributed by atoms with E-state index in [1.54, 1.807) is 5.56 Å². The summed E-state index contributed by atoms with van der Waals surface area (Å²) >= 11 is 0. The van der Waals surface area contributed by atoms with Crippen LogP contribution in [-0.2, 0) is 11.0 Å². The third-order valence-corrected chi connectivity index (χ3v) is 7.22. The maximum absolute atomic E-state index is 2.65. The largest absolute Gasteiger partial charge is 0.213 e. The van der Waals surface area contributed by atoms with Gasteiger partial charge in [0.1, 0.15) is 0 Å². The molecule has 1 nitrogen and oxygen atoms in total. The van der Waals surface area contributed by atoms with E-state index >= 15 is 0 Å². The van der Waals surface area contributed by atoms with Crippen LogP contribution in [0.15, 0.2) is 48.5 Å². The molecule has 26 heavy (non-hydrogen) atoms. The van der Waals surface area contributed by atoms with Gasteiger partial charge in [-0.05, 0) is 56.5 Å². The lowest BCUT2D eigenvalue weighted by Gasteiger charge is -2.47. The van der Waals surface area contributed by atoms with Gasteiger partial charge in [-0.25, -0.2) is 0 Å². The molecule has 1 aliphatic rings. The summed E-state index contributed by atoms with van der Waals surface area (Å²) in [4.78, 5) is 0. The van der Waals surface area contributed by atoms with Crippen molar-refractivity contribution in [3.63, 3.8) is 0 Å². The first-order valence-corrected chi connectivity index (χ1v) is 9.93. The minimum Gasteiger partial charge on any atom is -0.185 e. The molecular weight excluding hydrogens is 314 g/mol. The van der Waals surface area contributed by atoms with Crippen molar-refractivity contribution in [3.8, 4) is 11.3 Å². The molecule has 3 aromatic rings. The lowest BCUT2D eigenvalue weighted by Crippen LogP contribution is -2.68. The summed E-state index contributed by atoms with van der Waals surface area (Å²) < 4.78 is 2.65. The Morgan fingerprint density at radius 1 is 0.885 bits per heavy atom. The molecule has 2 unspecified atom stereocenters. The quantitative estimate of drug-likeness (QED) is 0.486. The van der Waals surface area contributed by atoms with Crippen LogP contribution < -0.4 is 4.57 Å². The van der Waals surface area contributed by atoms with Gasteiger partial charge in [0, 0.05) is 30.9 Å². The van der Waals surface area contributed by atoms with Crippen molar-refractivity contribution in [3.05, 3.63) is 65.2 Å². The first kappa shape index (κ1) is 17.3. The molecule has 2 aromatic carbocycles. The lowest BCUT2D eigenvalue weighted by atomic mass is 9.59. The van der Waals surface area contributed by atoms with Crippen molar-refractivity contribution >= 4 is 10.9 Å². The summed E-state index contributed by atoms with van der Waals surface area (Å²) in [6.07, 6.45) is 2.24. The number of benzene rings is 2. The smallest absolute Gasteiger partial charge is 0.185 e. The Kier molecular flexibility index (Phi) is 3.77. The number of aromatic nitrogens is 1. The second-order valence-corrected chi connectivity index (χ2v) is 8.43. The molecule has 0 N–H and O–H groups in total. The number of para-hydroxylation sites is 1. The van der Waals surface area contributed by atoms with Crippen molar-refractivity contribution in [2.24, 2.45) is 0 Å². The molecular formula is C25H30N+. The lowest BCUT2D eigenvalue weighted by molar-refractivity contribution is -0.742. The molecule has 2 heterocycles. The van der Waals surface area contributed by atoms with Gasteiger partial charge in [0.2, 0.25) is 11.2 Å². The van der Waals surface area contributed by atoms with Crippen LogP contribution in [0.25, 0.3) is 22.2 Å². The molecule has 2 atom stereocenters. The molecule has 0 spiro atoms. The van der Waals surface area contributed by atoms with E-state index in [0.717, 1.165) is 12.8 Å². The zero-order valence-corrected chi connectivity index (χ0v) is 17.0. The van der Waals surface area contributed by atoms with Crippen LogP contribution >= 0.6 is 0 Å². The van der Waals surface area contributed by atoms with E-state index in [1.807, 2.05) is 0 Å². The van der Waals surface area contributed by atoms with Crippen molar-refractivity contribution in [2.45, 2.75) is 65.3 Å². The Bertz CT molecular complexity index is 1020. The van der Waals surface area contributed by atoms with Gasteiger partial charge in [0.05, 0.1) is 11.0 Å². The van der Waals surface area contributed by atoms with Crippen molar-refractivity contribution in [2.75, 3.05) is 0 Å². The van der Waals surface area contributed by atoms with Crippen molar-refractivity contribution in [1.82, 2.24) is 0 Å². The van der Waals surface area contributed by atoms with Gasteiger partial charge in [-0.1, -0.05) is 37.6 Å². The maximum atomic E-state index is 2.65. The molecule has 0 bridgehead atoms. The third-order valence-electron chi connectivity index (χ3n) is 7.22. The number of fused-ring (bicyclic) bond motifs is 5.